The quantitative estimate of drug-likeness (QED) is 0.702. The second kappa shape index (κ2) is 4.20. The maximum absolute atomic E-state index is 11.8. The highest BCUT2D eigenvalue weighted by Crippen LogP contribution is 2.21. The number of hydrogen-bond acceptors (Lipinski definition) is 5. The molecule has 0 aliphatic rings. The fourth-order valence-electron chi connectivity index (χ4n) is 1.11. The van der Waals surface area contributed by atoms with Crippen LogP contribution in [0.15, 0.2) is 4.90 Å². The number of H-pyrrole nitrogens is 1. The molecule has 0 aliphatic heterocycles. The van der Waals surface area contributed by atoms with E-state index in [2.05, 4.69) is 15.0 Å². The minimum absolute atomic E-state index is 0.140. The van der Waals surface area contributed by atoms with Crippen LogP contribution in [0.1, 0.15) is 16.2 Å². The lowest BCUT2D eigenvalue weighted by Crippen LogP contribution is -2.27. The van der Waals surface area contributed by atoms with Crippen molar-refractivity contribution in [3.63, 3.8) is 0 Å². The number of aryl methyl sites for hydroxylation is 1. The Labute approximate surface area is 91.8 Å². The first-order chi connectivity index (χ1) is 7.32. The third-order valence-corrected chi connectivity index (χ3v) is 3.79. The summed E-state index contributed by atoms with van der Waals surface area (Å²) in [4.78, 5) is 14.9. The fraction of sp³-hybridized carbons (Fsp3) is 0.429. The summed E-state index contributed by atoms with van der Waals surface area (Å²) in [5.74, 6) is -1.42. The van der Waals surface area contributed by atoms with E-state index in [0.29, 0.717) is 4.47 Å². The van der Waals surface area contributed by atoms with E-state index in [0.717, 1.165) is 14.2 Å². The number of nitrogens with zero attached hydrogens (tertiary/aromatic N) is 2. The molecule has 9 heteroatoms. The van der Waals surface area contributed by atoms with Gasteiger partial charge in [-0.25, -0.2) is 13.2 Å². The zero-order valence-corrected chi connectivity index (χ0v) is 9.70. The van der Waals surface area contributed by atoms with Crippen LogP contribution in [-0.4, -0.2) is 48.3 Å². The van der Waals surface area contributed by atoms with Crippen molar-refractivity contribution in [3.05, 3.63) is 11.4 Å². The minimum atomic E-state index is -4.02. The lowest BCUT2D eigenvalue weighted by atomic mass is 10.4. The molecule has 1 heterocycles. The number of aromatic amines is 1. The number of aromatic nitrogens is 2. The number of hydroxylamine groups is 1. The Balaban J connectivity index is 3.44. The van der Waals surface area contributed by atoms with Crippen molar-refractivity contribution in [2.45, 2.75) is 11.8 Å². The molecule has 0 unspecified atom stereocenters. The van der Waals surface area contributed by atoms with Crippen molar-refractivity contribution < 1.29 is 23.2 Å². The van der Waals surface area contributed by atoms with Crippen LogP contribution in [0.4, 0.5) is 0 Å². The van der Waals surface area contributed by atoms with Gasteiger partial charge in [-0.3, -0.25) is 9.94 Å². The van der Waals surface area contributed by atoms with Crippen molar-refractivity contribution in [1.82, 2.24) is 14.7 Å². The molecule has 0 bridgehead atoms. The van der Waals surface area contributed by atoms with Gasteiger partial charge < -0.3 is 5.11 Å². The molecule has 0 saturated carbocycles. The second-order valence-corrected chi connectivity index (χ2v) is 4.80. The Kier molecular flexibility index (Phi) is 3.31. The summed E-state index contributed by atoms with van der Waals surface area (Å²) in [6, 6.07) is 0. The highest BCUT2D eigenvalue weighted by atomic mass is 32.2. The molecular weight excluding hydrogens is 238 g/mol. The Morgan fingerprint density at radius 1 is 1.56 bits per heavy atom. The highest BCUT2D eigenvalue weighted by molar-refractivity contribution is 7.89. The molecule has 1 aromatic rings. The molecule has 0 aromatic carbocycles. The van der Waals surface area contributed by atoms with Gasteiger partial charge in [0.1, 0.15) is 4.90 Å². The number of carboxylic acid groups (broad SMARTS) is 1. The normalized spacial score (nSPS) is 12.0. The third-order valence-electron chi connectivity index (χ3n) is 1.95. The van der Waals surface area contributed by atoms with Crippen molar-refractivity contribution in [1.29, 1.82) is 0 Å². The first kappa shape index (κ1) is 12.6. The Hall–Kier alpha value is -1.45. The molecule has 90 valence electrons. The van der Waals surface area contributed by atoms with Crippen LogP contribution < -0.4 is 0 Å². The van der Waals surface area contributed by atoms with E-state index >= 15 is 0 Å². The van der Waals surface area contributed by atoms with Crippen LogP contribution in [0, 0.1) is 6.92 Å². The number of hydrogen-bond donors (Lipinski definition) is 2. The van der Waals surface area contributed by atoms with Gasteiger partial charge in [0.25, 0.3) is 10.0 Å². The zero-order chi connectivity index (χ0) is 12.5. The summed E-state index contributed by atoms with van der Waals surface area (Å²) in [6.45, 7) is 1.41. The number of nitrogens with one attached hydrogen (secondary N) is 1. The summed E-state index contributed by atoms with van der Waals surface area (Å²) in [5, 5.41) is 14.5. The number of carboxylic acids is 1. The molecule has 1 aromatic heterocycles. The molecule has 0 radical (unpaired) electrons. The van der Waals surface area contributed by atoms with Gasteiger partial charge in [-0.05, 0) is 6.92 Å². The number of aromatic carboxylic acids is 1. The SMILES string of the molecule is CON(C)S(=O)(=O)c1c(C(=O)O)n[nH]c1C. The zero-order valence-electron chi connectivity index (χ0n) is 8.88. The molecule has 0 amide bonds. The van der Waals surface area contributed by atoms with E-state index in [-0.39, 0.29) is 5.69 Å². The molecule has 1 rings (SSSR count). The van der Waals surface area contributed by atoms with Crippen LogP contribution in [0.3, 0.4) is 0 Å². The van der Waals surface area contributed by atoms with E-state index in [4.69, 9.17) is 5.11 Å². The van der Waals surface area contributed by atoms with Crippen LogP contribution in [0.2, 0.25) is 0 Å². The molecule has 2 N–H and O–H groups in total. The average Bonchev–Trinajstić information content (AvgIpc) is 2.59. The van der Waals surface area contributed by atoms with Gasteiger partial charge in [0.15, 0.2) is 5.69 Å². The van der Waals surface area contributed by atoms with E-state index < -0.39 is 26.6 Å². The van der Waals surface area contributed by atoms with E-state index in [9.17, 15) is 13.2 Å². The lowest BCUT2D eigenvalue weighted by Gasteiger charge is -2.13. The Morgan fingerprint density at radius 3 is 2.56 bits per heavy atom. The molecule has 0 fully saturated rings. The van der Waals surface area contributed by atoms with Gasteiger partial charge in [0, 0.05) is 7.05 Å². The smallest absolute Gasteiger partial charge is 0.357 e. The highest BCUT2D eigenvalue weighted by Gasteiger charge is 2.31. The molecular formula is C7H11N3O5S. The van der Waals surface area contributed by atoms with Crippen LogP contribution in [0.25, 0.3) is 0 Å². The summed E-state index contributed by atoms with van der Waals surface area (Å²) in [6.07, 6.45) is 0. The molecule has 8 nitrogen and oxygen atoms in total. The van der Waals surface area contributed by atoms with Crippen molar-refractivity contribution in [3.8, 4) is 0 Å². The van der Waals surface area contributed by atoms with E-state index in [1.54, 1.807) is 0 Å². The van der Waals surface area contributed by atoms with Gasteiger partial charge in [-0.2, -0.15) is 5.10 Å². The van der Waals surface area contributed by atoms with Crippen molar-refractivity contribution >= 4 is 16.0 Å². The summed E-state index contributed by atoms with van der Waals surface area (Å²) < 4.78 is 24.3. The summed E-state index contributed by atoms with van der Waals surface area (Å²) in [7, 11) is -1.70. The maximum Gasteiger partial charge on any atom is 0.357 e. The van der Waals surface area contributed by atoms with Gasteiger partial charge in [-0.15, -0.1) is 0 Å². The number of sulfonamides is 1. The Bertz CT molecular complexity index is 506. The predicted octanol–water partition coefficient (Wildman–Crippen LogP) is -0.402. The number of rotatable bonds is 4. The fourth-order valence-corrected chi connectivity index (χ4v) is 2.37. The van der Waals surface area contributed by atoms with Gasteiger partial charge in [0.2, 0.25) is 0 Å². The Morgan fingerprint density at radius 2 is 2.12 bits per heavy atom. The second-order valence-electron chi connectivity index (χ2n) is 2.93. The molecule has 16 heavy (non-hydrogen) atoms. The summed E-state index contributed by atoms with van der Waals surface area (Å²) >= 11 is 0. The van der Waals surface area contributed by atoms with Gasteiger partial charge in [-0.1, -0.05) is 4.47 Å². The van der Waals surface area contributed by atoms with Crippen molar-refractivity contribution in [2.24, 2.45) is 0 Å². The monoisotopic (exact) mass is 249 g/mol. The minimum Gasteiger partial charge on any atom is -0.476 e. The average molecular weight is 249 g/mol. The number of carbonyl (C=O) groups is 1. The van der Waals surface area contributed by atoms with Crippen molar-refractivity contribution in [2.75, 3.05) is 14.2 Å². The van der Waals surface area contributed by atoms with Crippen LogP contribution >= 0.6 is 0 Å². The van der Waals surface area contributed by atoms with Crippen LogP contribution in [-0.2, 0) is 14.9 Å². The predicted molar refractivity (Wildman–Crippen MR) is 52.2 cm³/mol. The van der Waals surface area contributed by atoms with Gasteiger partial charge in [0.05, 0.1) is 12.8 Å². The maximum atomic E-state index is 11.8. The lowest BCUT2D eigenvalue weighted by molar-refractivity contribution is -0.0259. The van der Waals surface area contributed by atoms with Gasteiger partial charge >= 0.3 is 5.97 Å². The first-order valence-corrected chi connectivity index (χ1v) is 5.57. The first-order valence-electron chi connectivity index (χ1n) is 4.13. The standard InChI is InChI=1S/C7H11N3O5S/c1-4-6(5(7(11)12)9-8-4)16(13,14)10(2)15-3/h1-3H3,(H,8,9)(H,11,12). The molecule has 0 saturated heterocycles. The topological polar surface area (TPSA) is 113 Å². The molecule has 0 spiro atoms. The van der Waals surface area contributed by atoms with Crippen LogP contribution in [0.5, 0.6) is 0 Å². The summed E-state index contributed by atoms with van der Waals surface area (Å²) in [5.41, 5.74) is -0.414. The molecule has 0 aliphatic carbocycles. The third kappa shape index (κ3) is 1.92. The van der Waals surface area contributed by atoms with E-state index in [1.165, 1.54) is 6.92 Å². The largest absolute Gasteiger partial charge is 0.476 e. The van der Waals surface area contributed by atoms with E-state index in [1.807, 2.05) is 0 Å². The molecule has 0 atom stereocenters.